The van der Waals surface area contributed by atoms with Crippen LogP contribution in [0.25, 0.3) is 5.69 Å². The van der Waals surface area contributed by atoms with Gasteiger partial charge >= 0.3 is 6.01 Å². The van der Waals surface area contributed by atoms with Crippen molar-refractivity contribution in [2.45, 2.75) is 19.4 Å². The first-order valence-electron chi connectivity index (χ1n) is 9.36. The molecule has 0 atom stereocenters. The number of aromatic hydroxyl groups is 1. The number of phenolic OH excluding ortho intramolecular Hbond substituents is 1. The number of para-hydroxylation sites is 1. The number of aromatic nitrogens is 3. The van der Waals surface area contributed by atoms with Crippen molar-refractivity contribution >= 4 is 0 Å². The predicted molar refractivity (Wildman–Crippen MR) is 103 cm³/mol. The number of phenols is 1. The van der Waals surface area contributed by atoms with E-state index < -0.39 is 0 Å². The van der Waals surface area contributed by atoms with Crippen molar-refractivity contribution in [3.05, 3.63) is 66.5 Å². The summed E-state index contributed by atoms with van der Waals surface area (Å²) in [6.45, 7) is 3.61. The lowest BCUT2D eigenvalue weighted by molar-refractivity contribution is 0.131. The van der Waals surface area contributed by atoms with E-state index in [-0.39, 0.29) is 0 Å². The van der Waals surface area contributed by atoms with Gasteiger partial charge in [0.05, 0.1) is 12.3 Å². The van der Waals surface area contributed by atoms with Gasteiger partial charge in [-0.15, -0.1) is 5.10 Å². The van der Waals surface area contributed by atoms with Gasteiger partial charge in [-0.3, -0.25) is 9.47 Å². The molecular formula is C21H24N4O2. The summed E-state index contributed by atoms with van der Waals surface area (Å²) in [4.78, 5) is 2.43. The minimum atomic E-state index is 0.332. The van der Waals surface area contributed by atoms with E-state index in [1.54, 1.807) is 12.4 Å². The number of likely N-dealkylation sites (tertiary alicyclic amines) is 1. The highest BCUT2D eigenvalue weighted by Crippen LogP contribution is 2.22. The molecule has 0 radical (unpaired) electrons. The summed E-state index contributed by atoms with van der Waals surface area (Å²) in [5.41, 5.74) is 2.15. The number of hydrogen-bond acceptors (Lipinski definition) is 5. The molecule has 140 valence electrons. The fraction of sp³-hybridized carbons (Fsp3) is 0.333. The van der Waals surface area contributed by atoms with Crippen LogP contribution in [-0.2, 0) is 6.54 Å². The zero-order valence-corrected chi connectivity index (χ0v) is 15.2. The molecular weight excluding hydrogens is 340 g/mol. The van der Waals surface area contributed by atoms with Crippen molar-refractivity contribution in [3.63, 3.8) is 0 Å². The Morgan fingerprint density at radius 3 is 2.63 bits per heavy atom. The molecule has 0 spiro atoms. The maximum atomic E-state index is 9.60. The molecule has 6 nitrogen and oxygen atoms in total. The van der Waals surface area contributed by atoms with Crippen LogP contribution in [-0.4, -0.2) is 44.5 Å². The molecule has 1 aliphatic heterocycles. The van der Waals surface area contributed by atoms with Gasteiger partial charge in [0.15, 0.2) is 0 Å². The molecule has 1 aromatic heterocycles. The van der Waals surface area contributed by atoms with E-state index in [0.717, 1.165) is 43.7 Å². The molecule has 27 heavy (non-hydrogen) atoms. The Balaban J connectivity index is 1.28. The van der Waals surface area contributed by atoms with Gasteiger partial charge in [0.1, 0.15) is 12.1 Å². The van der Waals surface area contributed by atoms with Crippen LogP contribution in [0, 0.1) is 5.92 Å². The third-order valence-electron chi connectivity index (χ3n) is 5.02. The van der Waals surface area contributed by atoms with Gasteiger partial charge in [-0.25, -0.2) is 0 Å². The summed E-state index contributed by atoms with van der Waals surface area (Å²) in [5.74, 6) is 0.852. The minimum absolute atomic E-state index is 0.332. The van der Waals surface area contributed by atoms with Crippen LogP contribution in [0.5, 0.6) is 11.8 Å². The van der Waals surface area contributed by atoms with E-state index in [1.165, 1.54) is 0 Å². The summed E-state index contributed by atoms with van der Waals surface area (Å²) < 4.78 is 7.85. The summed E-state index contributed by atoms with van der Waals surface area (Å²) in [7, 11) is 0. The molecule has 6 heteroatoms. The van der Waals surface area contributed by atoms with Crippen LogP contribution in [0.2, 0.25) is 0 Å². The minimum Gasteiger partial charge on any atom is -0.508 e. The fourth-order valence-electron chi connectivity index (χ4n) is 3.51. The first-order chi connectivity index (χ1) is 13.3. The second-order valence-electron chi connectivity index (χ2n) is 7.02. The normalized spacial score (nSPS) is 15.7. The third-order valence-corrected chi connectivity index (χ3v) is 5.02. The van der Waals surface area contributed by atoms with Gasteiger partial charge < -0.3 is 9.84 Å². The molecule has 2 heterocycles. The smallest absolute Gasteiger partial charge is 0.321 e. The number of ether oxygens (including phenoxy) is 1. The highest BCUT2D eigenvalue weighted by atomic mass is 16.5. The van der Waals surface area contributed by atoms with Crippen LogP contribution >= 0.6 is 0 Å². The highest BCUT2D eigenvalue weighted by Gasteiger charge is 2.21. The quantitative estimate of drug-likeness (QED) is 0.727. The maximum absolute atomic E-state index is 9.60. The van der Waals surface area contributed by atoms with E-state index in [0.29, 0.717) is 24.3 Å². The molecule has 0 saturated carbocycles. The van der Waals surface area contributed by atoms with E-state index in [2.05, 4.69) is 21.2 Å². The molecule has 1 aliphatic rings. The van der Waals surface area contributed by atoms with E-state index in [9.17, 15) is 5.11 Å². The van der Waals surface area contributed by atoms with Gasteiger partial charge in [-0.1, -0.05) is 35.4 Å². The molecule has 0 amide bonds. The van der Waals surface area contributed by atoms with Crippen LogP contribution in [0.3, 0.4) is 0 Å². The van der Waals surface area contributed by atoms with Crippen molar-refractivity contribution in [1.29, 1.82) is 0 Å². The topological polar surface area (TPSA) is 63.4 Å². The monoisotopic (exact) mass is 364 g/mol. The van der Waals surface area contributed by atoms with Gasteiger partial charge in [0.2, 0.25) is 0 Å². The SMILES string of the molecule is Oc1cccc(CN2CCC(COc3nncn3-c3ccccc3)CC2)c1. The van der Waals surface area contributed by atoms with E-state index in [4.69, 9.17) is 4.74 Å². The second-order valence-corrected chi connectivity index (χ2v) is 7.02. The molecule has 3 aromatic rings. The number of hydrogen-bond donors (Lipinski definition) is 1. The molecule has 1 N–H and O–H groups in total. The first-order valence-corrected chi connectivity index (χ1v) is 9.36. The molecule has 2 aromatic carbocycles. The average Bonchev–Trinajstić information content (AvgIpc) is 3.17. The van der Waals surface area contributed by atoms with Crippen molar-refractivity contribution in [2.75, 3.05) is 19.7 Å². The second kappa shape index (κ2) is 8.22. The van der Waals surface area contributed by atoms with Gasteiger partial charge in [-0.2, -0.15) is 0 Å². The average molecular weight is 364 g/mol. The van der Waals surface area contributed by atoms with Crippen molar-refractivity contribution in [3.8, 4) is 17.4 Å². The lowest BCUT2D eigenvalue weighted by Crippen LogP contribution is -2.35. The molecule has 0 unspecified atom stereocenters. The number of benzene rings is 2. The number of rotatable bonds is 6. The Hall–Kier alpha value is -2.86. The molecule has 0 aliphatic carbocycles. The molecule has 1 fully saturated rings. The zero-order valence-electron chi connectivity index (χ0n) is 15.2. The van der Waals surface area contributed by atoms with Crippen molar-refractivity contribution < 1.29 is 9.84 Å². The van der Waals surface area contributed by atoms with Gasteiger partial charge in [0.25, 0.3) is 0 Å². The van der Waals surface area contributed by atoms with Crippen LogP contribution in [0.4, 0.5) is 0 Å². The molecule has 1 saturated heterocycles. The Kier molecular flexibility index (Phi) is 5.34. The predicted octanol–water partition coefficient (Wildman–Crippen LogP) is 3.26. The van der Waals surface area contributed by atoms with Gasteiger partial charge in [-0.05, 0) is 61.7 Å². The first kappa shape index (κ1) is 17.5. The largest absolute Gasteiger partial charge is 0.508 e. The highest BCUT2D eigenvalue weighted by molar-refractivity contribution is 5.33. The Labute approximate surface area is 159 Å². The maximum Gasteiger partial charge on any atom is 0.321 e. The molecule has 0 bridgehead atoms. The zero-order chi connectivity index (χ0) is 18.5. The van der Waals surface area contributed by atoms with Gasteiger partial charge in [0, 0.05) is 6.54 Å². The lowest BCUT2D eigenvalue weighted by Gasteiger charge is -2.31. The van der Waals surface area contributed by atoms with Crippen LogP contribution in [0.1, 0.15) is 18.4 Å². The number of piperidine rings is 1. The van der Waals surface area contributed by atoms with Crippen LogP contribution in [0.15, 0.2) is 60.9 Å². The van der Waals surface area contributed by atoms with Crippen molar-refractivity contribution in [1.82, 2.24) is 19.7 Å². The standard InChI is InChI=1S/C21H24N4O2/c26-20-8-4-5-18(13-20)14-24-11-9-17(10-12-24)15-27-21-23-22-16-25(21)19-6-2-1-3-7-19/h1-8,13,16-17,26H,9-12,14-15H2. The van der Waals surface area contributed by atoms with E-state index >= 15 is 0 Å². The summed E-state index contributed by atoms with van der Waals surface area (Å²) >= 11 is 0. The van der Waals surface area contributed by atoms with Crippen LogP contribution < -0.4 is 4.74 Å². The summed E-state index contributed by atoms with van der Waals surface area (Å²) in [6, 6.07) is 18.0. The number of nitrogens with zero attached hydrogens (tertiary/aromatic N) is 4. The van der Waals surface area contributed by atoms with Crippen molar-refractivity contribution in [2.24, 2.45) is 5.92 Å². The lowest BCUT2D eigenvalue weighted by atomic mass is 9.97. The summed E-state index contributed by atoms with van der Waals surface area (Å²) in [6.07, 6.45) is 3.87. The molecule has 4 rings (SSSR count). The van der Waals surface area contributed by atoms with E-state index in [1.807, 2.05) is 47.0 Å². The Bertz CT molecular complexity index is 857. The Morgan fingerprint density at radius 1 is 1.04 bits per heavy atom. The summed E-state index contributed by atoms with van der Waals surface area (Å²) in [5, 5.41) is 17.7. The Morgan fingerprint density at radius 2 is 1.85 bits per heavy atom. The third kappa shape index (κ3) is 4.46. The fourth-order valence-corrected chi connectivity index (χ4v) is 3.51.